The minimum atomic E-state index is -0.240. The van der Waals surface area contributed by atoms with Crippen molar-refractivity contribution >= 4 is 0 Å². The Morgan fingerprint density at radius 2 is 2.45 bits per heavy atom. The molecular weight excluding hydrogens is 136 g/mol. The summed E-state index contributed by atoms with van der Waals surface area (Å²) < 4.78 is 0. The van der Waals surface area contributed by atoms with Gasteiger partial charge in [0, 0.05) is 0 Å². The van der Waals surface area contributed by atoms with Crippen LogP contribution in [0.15, 0.2) is 18.2 Å². The Morgan fingerprint density at radius 1 is 1.55 bits per heavy atom. The smallest absolute Gasteiger partial charge is 0.0793 e. The summed E-state index contributed by atoms with van der Waals surface area (Å²) in [4.78, 5) is 0. The molecule has 1 aromatic carbocycles. The molecule has 1 unspecified atom stereocenters. The molecule has 1 aliphatic rings. The summed E-state index contributed by atoms with van der Waals surface area (Å²) in [6.07, 6.45) is 2.89. The predicted molar refractivity (Wildman–Crippen MR) is 43.2 cm³/mol. The minimum absolute atomic E-state index is 0.240. The fourth-order valence-corrected chi connectivity index (χ4v) is 1.65. The molecule has 0 saturated heterocycles. The van der Waals surface area contributed by atoms with Gasteiger partial charge in [-0.2, -0.15) is 0 Å². The van der Waals surface area contributed by atoms with Gasteiger partial charge in [-0.25, -0.2) is 0 Å². The lowest BCUT2D eigenvalue weighted by atomic mass is 9.90. The molecule has 11 heavy (non-hydrogen) atoms. The van der Waals surface area contributed by atoms with Gasteiger partial charge >= 0.3 is 0 Å². The van der Waals surface area contributed by atoms with E-state index in [1.165, 1.54) is 5.56 Å². The third-order valence-corrected chi connectivity index (χ3v) is 2.27. The fourth-order valence-electron chi connectivity index (χ4n) is 1.65. The molecule has 0 saturated carbocycles. The molecule has 1 aliphatic carbocycles. The minimum Gasteiger partial charge on any atom is -0.388 e. The van der Waals surface area contributed by atoms with Crippen LogP contribution in [0.4, 0.5) is 0 Å². The van der Waals surface area contributed by atoms with Crippen molar-refractivity contribution in [1.82, 2.24) is 0 Å². The Hall–Kier alpha value is -0.820. The molecule has 0 amide bonds. The van der Waals surface area contributed by atoms with Crippen LogP contribution in [0.1, 0.15) is 30.1 Å². The van der Waals surface area contributed by atoms with Crippen molar-refractivity contribution in [1.29, 1.82) is 0 Å². The zero-order valence-corrected chi connectivity index (χ0v) is 6.38. The lowest BCUT2D eigenvalue weighted by Gasteiger charge is -2.20. The first kappa shape index (κ1) is 6.86. The second kappa shape index (κ2) is 2.67. The van der Waals surface area contributed by atoms with Crippen LogP contribution in [0.25, 0.3) is 0 Å². The van der Waals surface area contributed by atoms with Crippen LogP contribution in [-0.4, -0.2) is 5.11 Å². The van der Waals surface area contributed by atoms with Crippen molar-refractivity contribution in [3.8, 4) is 0 Å². The third kappa shape index (κ3) is 1.16. The number of aliphatic hydroxyl groups is 1. The van der Waals surface area contributed by atoms with Gasteiger partial charge in [-0.15, -0.1) is 0 Å². The average molecular weight is 147 g/mol. The van der Waals surface area contributed by atoms with Gasteiger partial charge in [0.1, 0.15) is 0 Å². The molecule has 1 nitrogen and oxygen atoms in total. The second-order valence-corrected chi connectivity index (χ2v) is 3.03. The molecule has 0 aromatic heterocycles. The molecule has 1 atom stereocenters. The van der Waals surface area contributed by atoms with Gasteiger partial charge in [0.2, 0.25) is 0 Å². The van der Waals surface area contributed by atoms with Crippen molar-refractivity contribution in [2.24, 2.45) is 0 Å². The molecule has 0 spiro atoms. The van der Waals surface area contributed by atoms with E-state index in [1.807, 2.05) is 12.1 Å². The number of rotatable bonds is 0. The summed E-state index contributed by atoms with van der Waals surface area (Å²) in [5.41, 5.74) is 2.38. The summed E-state index contributed by atoms with van der Waals surface area (Å²) in [6.45, 7) is 0. The maximum atomic E-state index is 9.54. The first-order valence-corrected chi connectivity index (χ1v) is 4.05. The zero-order valence-electron chi connectivity index (χ0n) is 6.38. The van der Waals surface area contributed by atoms with Gasteiger partial charge < -0.3 is 5.11 Å². The van der Waals surface area contributed by atoms with E-state index in [-0.39, 0.29) is 6.10 Å². The molecule has 1 aromatic rings. The maximum Gasteiger partial charge on any atom is 0.0793 e. The Balaban J connectivity index is 2.44. The van der Waals surface area contributed by atoms with Crippen LogP contribution < -0.4 is 0 Å². The Bertz CT molecular complexity index is 255. The van der Waals surface area contributed by atoms with Gasteiger partial charge in [-0.1, -0.05) is 12.1 Å². The monoisotopic (exact) mass is 147 g/mol. The van der Waals surface area contributed by atoms with E-state index in [2.05, 4.69) is 12.1 Å². The number of aliphatic hydroxyl groups excluding tert-OH is 1. The first-order valence-electron chi connectivity index (χ1n) is 4.05. The fraction of sp³-hybridized carbons (Fsp3) is 0.400. The molecule has 2 rings (SSSR count). The van der Waals surface area contributed by atoms with Crippen molar-refractivity contribution in [3.63, 3.8) is 0 Å². The van der Waals surface area contributed by atoms with E-state index in [0.29, 0.717) is 0 Å². The molecule has 57 valence electrons. The highest BCUT2D eigenvalue weighted by molar-refractivity contribution is 5.30. The van der Waals surface area contributed by atoms with Crippen molar-refractivity contribution in [2.45, 2.75) is 25.4 Å². The van der Waals surface area contributed by atoms with E-state index in [9.17, 15) is 5.11 Å². The Kier molecular flexibility index (Phi) is 1.66. The topological polar surface area (TPSA) is 20.2 Å². The zero-order chi connectivity index (χ0) is 7.68. The number of hydrogen-bond donors (Lipinski definition) is 1. The quantitative estimate of drug-likeness (QED) is 0.593. The van der Waals surface area contributed by atoms with E-state index in [0.717, 1.165) is 24.8 Å². The molecular formula is C10H11O. The van der Waals surface area contributed by atoms with Crippen molar-refractivity contribution in [3.05, 3.63) is 35.4 Å². The third-order valence-electron chi connectivity index (χ3n) is 2.27. The summed E-state index contributed by atoms with van der Waals surface area (Å²) in [5, 5.41) is 9.54. The first-order chi connectivity index (χ1) is 5.38. The highest BCUT2D eigenvalue weighted by atomic mass is 16.3. The Labute approximate surface area is 66.7 Å². The largest absolute Gasteiger partial charge is 0.388 e. The highest BCUT2D eigenvalue weighted by Crippen LogP contribution is 2.28. The van der Waals surface area contributed by atoms with Gasteiger partial charge in [-0.05, 0) is 42.5 Å². The summed E-state index contributed by atoms with van der Waals surface area (Å²) in [6, 6.07) is 8.86. The summed E-state index contributed by atoms with van der Waals surface area (Å²) in [5.74, 6) is 0. The van der Waals surface area contributed by atoms with Gasteiger partial charge in [0.25, 0.3) is 0 Å². The lowest BCUT2D eigenvalue weighted by Crippen LogP contribution is -2.08. The van der Waals surface area contributed by atoms with Gasteiger partial charge in [0.05, 0.1) is 6.10 Å². The van der Waals surface area contributed by atoms with Crippen LogP contribution >= 0.6 is 0 Å². The lowest BCUT2D eigenvalue weighted by molar-refractivity contribution is 0.156. The molecule has 1 heteroatoms. The average Bonchev–Trinajstić information content (AvgIpc) is 2.06. The predicted octanol–water partition coefficient (Wildman–Crippen LogP) is 1.86. The highest BCUT2D eigenvalue weighted by Gasteiger charge is 2.16. The molecule has 0 bridgehead atoms. The van der Waals surface area contributed by atoms with E-state index >= 15 is 0 Å². The van der Waals surface area contributed by atoms with Crippen LogP contribution in [0, 0.1) is 6.07 Å². The van der Waals surface area contributed by atoms with E-state index < -0.39 is 0 Å². The van der Waals surface area contributed by atoms with Crippen LogP contribution in [0.3, 0.4) is 0 Å². The van der Waals surface area contributed by atoms with Gasteiger partial charge in [-0.3, -0.25) is 0 Å². The van der Waals surface area contributed by atoms with Crippen LogP contribution in [0.5, 0.6) is 0 Å². The van der Waals surface area contributed by atoms with Crippen LogP contribution in [-0.2, 0) is 6.42 Å². The van der Waals surface area contributed by atoms with Crippen LogP contribution in [0.2, 0.25) is 0 Å². The maximum absolute atomic E-state index is 9.54. The second-order valence-electron chi connectivity index (χ2n) is 3.03. The summed E-state index contributed by atoms with van der Waals surface area (Å²) >= 11 is 0. The molecule has 1 N–H and O–H groups in total. The Morgan fingerprint density at radius 3 is 3.27 bits per heavy atom. The normalized spacial score (nSPS) is 22.8. The number of fused-ring (bicyclic) bond motifs is 1. The van der Waals surface area contributed by atoms with Crippen molar-refractivity contribution < 1.29 is 5.11 Å². The standard InChI is InChI=1S/C10H11O/c11-10-7-3-5-8-4-1-2-6-9(8)10/h1,4,6,10-11H,3,5,7H2. The van der Waals surface area contributed by atoms with Gasteiger partial charge in [0.15, 0.2) is 0 Å². The number of hydrogen-bond acceptors (Lipinski definition) is 1. The van der Waals surface area contributed by atoms with E-state index in [4.69, 9.17) is 0 Å². The number of benzene rings is 1. The SMILES string of the molecule is OC1CCCc2cc[c]cc21. The molecule has 0 fully saturated rings. The van der Waals surface area contributed by atoms with E-state index in [1.54, 1.807) is 0 Å². The molecule has 0 heterocycles. The number of aryl methyl sites for hydroxylation is 1. The molecule has 0 aliphatic heterocycles. The molecule has 1 radical (unpaired) electrons. The summed E-state index contributed by atoms with van der Waals surface area (Å²) in [7, 11) is 0. The van der Waals surface area contributed by atoms with Crippen molar-refractivity contribution in [2.75, 3.05) is 0 Å².